The quantitative estimate of drug-likeness (QED) is 0.827. The average molecular weight is 256 g/mol. The van der Waals surface area contributed by atoms with Gasteiger partial charge in [-0.05, 0) is 18.6 Å². The Kier molecular flexibility index (Phi) is 2.88. The highest BCUT2D eigenvalue weighted by Gasteiger charge is 2.38. The minimum absolute atomic E-state index is 0.127. The van der Waals surface area contributed by atoms with E-state index in [0.717, 1.165) is 11.1 Å². The zero-order chi connectivity index (χ0) is 13.5. The van der Waals surface area contributed by atoms with Gasteiger partial charge in [0.25, 0.3) is 0 Å². The van der Waals surface area contributed by atoms with Crippen LogP contribution in [0, 0.1) is 6.92 Å². The topological polar surface area (TPSA) is 34.9 Å². The lowest BCUT2D eigenvalue weighted by Crippen LogP contribution is -2.25. The van der Waals surface area contributed by atoms with Gasteiger partial charge in [0.1, 0.15) is 5.82 Å². The Labute approximate surface area is 101 Å². The van der Waals surface area contributed by atoms with Crippen LogP contribution in [0.1, 0.15) is 11.4 Å². The summed E-state index contributed by atoms with van der Waals surface area (Å²) in [4.78, 5) is 15.0. The van der Waals surface area contributed by atoms with E-state index in [1.54, 1.807) is 19.2 Å². The monoisotopic (exact) mass is 256 g/mol. The molecule has 0 saturated heterocycles. The third-order valence-electron chi connectivity index (χ3n) is 2.82. The molecular formula is C12H11F3N2O. The van der Waals surface area contributed by atoms with E-state index in [-0.39, 0.29) is 5.82 Å². The van der Waals surface area contributed by atoms with E-state index >= 15 is 0 Å². The predicted molar refractivity (Wildman–Crippen MR) is 60.2 cm³/mol. The third kappa shape index (κ3) is 2.10. The molecule has 2 rings (SSSR count). The van der Waals surface area contributed by atoms with Crippen LogP contribution in [0.2, 0.25) is 0 Å². The summed E-state index contributed by atoms with van der Waals surface area (Å²) in [5.41, 5.74) is 2.26. The zero-order valence-electron chi connectivity index (χ0n) is 9.88. The van der Waals surface area contributed by atoms with E-state index in [9.17, 15) is 18.0 Å². The van der Waals surface area contributed by atoms with Gasteiger partial charge >= 0.3 is 6.18 Å². The van der Waals surface area contributed by atoms with Crippen molar-refractivity contribution in [2.45, 2.75) is 19.5 Å². The Morgan fingerprint density at radius 2 is 2.06 bits per heavy atom. The standard InChI is InChI=1S/C12H11F3N2O/c1-7-4-3-5-8-11(7)17(2)10(16-8)6-9(18)12(13,14)15/h3-5H,6H2,1-2H3. The first-order valence-electron chi connectivity index (χ1n) is 5.31. The number of carbonyl (C=O) groups is 1. The van der Waals surface area contributed by atoms with Gasteiger partial charge in [0.2, 0.25) is 5.78 Å². The Bertz CT molecular complexity index is 614. The van der Waals surface area contributed by atoms with E-state index in [1.807, 2.05) is 13.0 Å². The molecule has 0 radical (unpaired) electrons. The van der Waals surface area contributed by atoms with Crippen LogP contribution in [-0.4, -0.2) is 21.5 Å². The average Bonchev–Trinajstić information content (AvgIpc) is 2.56. The number of aromatic nitrogens is 2. The third-order valence-corrected chi connectivity index (χ3v) is 2.82. The van der Waals surface area contributed by atoms with Crippen molar-refractivity contribution >= 4 is 16.8 Å². The fourth-order valence-corrected chi connectivity index (χ4v) is 1.92. The Morgan fingerprint density at radius 1 is 1.39 bits per heavy atom. The highest BCUT2D eigenvalue weighted by Crippen LogP contribution is 2.22. The number of hydrogen-bond acceptors (Lipinski definition) is 2. The van der Waals surface area contributed by atoms with Gasteiger partial charge in [0.05, 0.1) is 17.5 Å². The van der Waals surface area contributed by atoms with Gasteiger partial charge < -0.3 is 4.57 Å². The molecule has 0 saturated carbocycles. The van der Waals surface area contributed by atoms with Crippen molar-refractivity contribution in [1.82, 2.24) is 9.55 Å². The van der Waals surface area contributed by atoms with Crippen LogP contribution < -0.4 is 0 Å². The van der Waals surface area contributed by atoms with Crippen LogP contribution in [0.4, 0.5) is 13.2 Å². The van der Waals surface area contributed by atoms with Gasteiger partial charge in [0.15, 0.2) is 0 Å². The molecule has 96 valence electrons. The van der Waals surface area contributed by atoms with E-state index in [0.29, 0.717) is 5.52 Å². The van der Waals surface area contributed by atoms with Crippen LogP contribution in [0.15, 0.2) is 18.2 Å². The van der Waals surface area contributed by atoms with Crippen molar-refractivity contribution in [3.63, 3.8) is 0 Å². The predicted octanol–water partition coefficient (Wildman–Crippen LogP) is 2.56. The number of para-hydroxylation sites is 1. The maximum absolute atomic E-state index is 12.2. The number of fused-ring (bicyclic) bond motifs is 1. The molecular weight excluding hydrogens is 245 g/mol. The molecule has 0 N–H and O–H groups in total. The van der Waals surface area contributed by atoms with E-state index in [4.69, 9.17) is 0 Å². The van der Waals surface area contributed by atoms with Gasteiger partial charge in [-0.2, -0.15) is 13.2 Å². The van der Waals surface area contributed by atoms with Crippen molar-refractivity contribution in [1.29, 1.82) is 0 Å². The number of carbonyl (C=O) groups excluding carboxylic acids is 1. The number of Topliss-reactive ketones (excluding diaryl/α,β-unsaturated/α-hetero) is 1. The van der Waals surface area contributed by atoms with Crippen molar-refractivity contribution in [3.05, 3.63) is 29.6 Å². The first-order valence-corrected chi connectivity index (χ1v) is 5.31. The molecule has 1 aromatic carbocycles. The number of benzene rings is 1. The molecule has 0 amide bonds. The summed E-state index contributed by atoms with van der Waals surface area (Å²) in [5.74, 6) is -1.65. The Hall–Kier alpha value is -1.85. The molecule has 2 aromatic rings. The summed E-state index contributed by atoms with van der Waals surface area (Å²) >= 11 is 0. The molecule has 0 bridgehead atoms. The molecule has 0 fully saturated rings. The molecule has 6 heteroatoms. The second-order valence-electron chi connectivity index (χ2n) is 4.13. The molecule has 1 heterocycles. The number of alkyl halides is 3. The highest BCUT2D eigenvalue weighted by atomic mass is 19.4. The van der Waals surface area contributed by atoms with Gasteiger partial charge in [0, 0.05) is 7.05 Å². The van der Waals surface area contributed by atoms with E-state index in [1.165, 1.54) is 4.57 Å². The summed E-state index contributed by atoms with van der Waals surface area (Å²) in [7, 11) is 1.61. The van der Waals surface area contributed by atoms with Crippen LogP contribution in [0.25, 0.3) is 11.0 Å². The minimum atomic E-state index is -4.81. The number of nitrogens with zero attached hydrogens (tertiary/aromatic N) is 2. The SMILES string of the molecule is Cc1cccc2nc(CC(=O)C(F)(F)F)n(C)c12. The van der Waals surface area contributed by atoms with E-state index < -0.39 is 18.4 Å². The van der Waals surface area contributed by atoms with Gasteiger partial charge in [-0.15, -0.1) is 0 Å². The molecule has 3 nitrogen and oxygen atoms in total. The molecule has 0 aliphatic heterocycles. The number of halogens is 3. The fraction of sp³-hybridized carbons (Fsp3) is 0.333. The molecule has 0 unspecified atom stereocenters. The summed E-state index contributed by atoms with van der Waals surface area (Å²) in [6.07, 6.45) is -5.54. The summed E-state index contributed by atoms with van der Waals surface area (Å²) in [6, 6.07) is 5.34. The summed E-state index contributed by atoms with van der Waals surface area (Å²) in [5, 5.41) is 0. The second kappa shape index (κ2) is 4.12. The zero-order valence-corrected chi connectivity index (χ0v) is 9.88. The van der Waals surface area contributed by atoms with Crippen LogP contribution >= 0.6 is 0 Å². The maximum Gasteiger partial charge on any atom is 0.450 e. The molecule has 0 aliphatic rings. The molecule has 0 aliphatic carbocycles. The van der Waals surface area contributed by atoms with Gasteiger partial charge in [-0.3, -0.25) is 4.79 Å². The smallest absolute Gasteiger partial charge is 0.331 e. The summed E-state index contributed by atoms with van der Waals surface area (Å²) < 4.78 is 38.2. The molecule has 0 spiro atoms. The van der Waals surface area contributed by atoms with Crippen LogP contribution in [0.3, 0.4) is 0 Å². The van der Waals surface area contributed by atoms with Crippen molar-refractivity contribution < 1.29 is 18.0 Å². The Morgan fingerprint density at radius 3 is 2.61 bits per heavy atom. The van der Waals surface area contributed by atoms with Crippen molar-refractivity contribution in [2.24, 2.45) is 7.05 Å². The number of rotatable bonds is 2. The molecule has 18 heavy (non-hydrogen) atoms. The first kappa shape index (κ1) is 12.6. The Balaban J connectivity index is 2.45. The van der Waals surface area contributed by atoms with Crippen LogP contribution in [-0.2, 0) is 18.3 Å². The number of imidazole rings is 1. The number of aryl methyl sites for hydroxylation is 2. The lowest BCUT2D eigenvalue weighted by molar-refractivity contribution is -0.170. The number of hydrogen-bond donors (Lipinski definition) is 0. The highest BCUT2D eigenvalue weighted by molar-refractivity contribution is 5.87. The van der Waals surface area contributed by atoms with Crippen molar-refractivity contribution in [3.8, 4) is 0 Å². The maximum atomic E-state index is 12.2. The number of ketones is 1. The normalized spacial score (nSPS) is 12.1. The van der Waals surface area contributed by atoms with Crippen LogP contribution in [0.5, 0.6) is 0 Å². The minimum Gasteiger partial charge on any atom is -0.331 e. The first-order chi connectivity index (χ1) is 8.30. The van der Waals surface area contributed by atoms with Crippen molar-refractivity contribution in [2.75, 3.05) is 0 Å². The second-order valence-corrected chi connectivity index (χ2v) is 4.13. The summed E-state index contributed by atoms with van der Waals surface area (Å²) in [6.45, 7) is 1.85. The lowest BCUT2D eigenvalue weighted by atomic mass is 10.2. The molecule has 1 aromatic heterocycles. The lowest BCUT2D eigenvalue weighted by Gasteiger charge is -2.05. The largest absolute Gasteiger partial charge is 0.450 e. The fourth-order valence-electron chi connectivity index (χ4n) is 1.92. The molecule has 0 atom stereocenters. The van der Waals surface area contributed by atoms with E-state index in [2.05, 4.69) is 4.98 Å². The van der Waals surface area contributed by atoms with Gasteiger partial charge in [-0.1, -0.05) is 12.1 Å². The van der Waals surface area contributed by atoms with Gasteiger partial charge in [-0.25, -0.2) is 4.98 Å².